The molecule has 2 aliphatic rings. The Kier molecular flexibility index (Phi) is 5.42. The number of unbranched alkanes of at least 4 members (excludes halogenated alkanes) is 1. The molecule has 2 saturated heterocycles. The van der Waals surface area contributed by atoms with Crippen LogP contribution in [0.1, 0.15) is 45.4 Å². The third kappa shape index (κ3) is 2.95. The number of rotatable bonds is 3. The quantitative estimate of drug-likeness (QED) is 0.676. The predicted molar refractivity (Wildman–Crippen MR) is 75.0 cm³/mol. The number of hydrogen-bond donors (Lipinski definition) is 0. The van der Waals surface area contributed by atoms with Gasteiger partial charge >= 0.3 is 83.3 Å². The normalized spacial score (nSPS) is 31.6. The van der Waals surface area contributed by atoms with E-state index >= 15 is 0 Å². The van der Waals surface area contributed by atoms with Gasteiger partial charge in [-0.2, -0.15) is 0 Å². The zero-order chi connectivity index (χ0) is 9.15. The molecule has 14 heavy (non-hydrogen) atoms. The molecule has 0 bridgehead atoms. The molecular formula is C12H26BrP. The summed E-state index contributed by atoms with van der Waals surface area (Å²) in [6, 6.07) is 0. The molecular weight excluding hydrogens is 255 g/mol. The molecule has 2 rings (SSSR count). The van der Waals surface area contributed by atoms with Crippen molar-refractivity contribution in [2.75, 3.05) is 24.6 Å². The maximum absolute atomic E-state index is 2.33. The van der Waals surface area contributed by atoms with Crippen LogP contribution >= 0.6 is 24.2 Å². The second kappa shape index (κ2) is 5.85. The number of hydrogen-bond acceptors (Lipinski definition) is 0. The number of halogens is 1. The molecule has 0 amide bonds. The van der Waals surface area contributed by atoms with Crippen LogP contribution in [0, 0.1) is 5.92 Å². The van der Waals surface area contributed by atoms with E-state index in [1.54, 1.807) is 50.3 Å². The van der Waals surface area contributed by atoms with Gasteiger partial charge < -0.3 is 0 Å². The molecule has 0 N–H and O–H groups in total. The standard InChI is InChI=1S/C12H25P.BrH/c1-2-3-6-12-7-10-13(11-12)8-4-5-9-13;/h12-13H,2-11H2,1H3;1H. The Balaban J connectivity index is 0.000000980. The summed E-state index contributed by atoms with van der Waals surface area (Å²) in [5, 5.41) is 0. The van der Waals surface area contributed by atoms with Gasteiger partial charge in [0.15, 0.2) is 0 Å². The van der Waals surface area contributed by atoms with E-state index in [4.69, 9.17) is 0 Å². The predicted octanol–water partition coefficient (Wildman–Crippen LogP) is 4.32. The van der Waals surface area contributed by atoms with Crippen molar-refractivity contribution in [3.05, 3.63) is 0 Å². The first-order valence-electron chi connectivity index (χ1n) is 6.35. The van der Waals surface area contributed by atoms with Gasteiger partial charge in [0.2, 0.25) is 0 Å². The molecule has 0 aromatic carbocycles. The van der Waals surface area contributed by atoms with Gasteiger partial charge in [0, 0.05) is 0 Å². The van der Waals surface area contributed by atoms with Crippen LogP contribution < -0.4 is 0 Å². The minimum absolute atomic E-state index is 0. The van der Waals surface area contributed by atoms with Gasteiger partial charge in [0.1, 0.15) is 0 Å². The van der Waals surface area contributed by atoms with E-state index < -0.39 is 7.26 Å². The minimum atomic E-state index is -0.582. The molecule has 1 unspecified atom stereocenters. The Hall–Kier alpha value is 0.910. The molecule has 86 valence electrons. The van der Waals surface area contributed by atoms with E-state index in [-0.39, 0.29) is 17.0 Å². The van der Waals surface area contributed by atoms with E-state index in [1.807, 2.05) is 0 Å². The van der Waals surface area contributed by atoms with Crippen molar-refractivity contribution in [1.82, 2.24) is 0 Å². The first kappa shape index (κ1) is 13.0. The van der Waals surface area contributed by atoms with Crippen LogP contribution in [0.4, 0.5) is 0 Å². The van der Waals surface area contributed by atoms with Gasteiger partial charge in [-0.05, 0) is 0 Å². The van der Waals surface area contributed by atoms with Crippen LogP contribution in [0.3, 0.4) is 0 Å². The summed E-state index contributed by atoms with van der Waals surface area (Å²) >= 11 is 0. The summed E-state index contributed by atoms with van der Waals surface area (Å²) in [5.74, 6) is 1.17. The van der Waals surface area contributed by atoms with E-state index in [9.17, 15) is 0 Å². The molecule has 1 atom stereocenters. The zero-order valence-electron chi connectivity index (χ0n) is 9.56. The van der Waals surface area contributed by atoms with E-state index in [1.165, 1.54) is 18.8 Å². The molecule has 0 aromatic heterocycles. The van der Waals surface area contributed by atoms with E-state index in [0.29, 0.717) is 0 Å². The van der Waals surface area contributed by atoms with Gasteiger partial charge in [0.05, 0.1) is 0 Å². The molecule has 0 aliphatic carbocycles. The van der Waals surface area contributed by atoms with Crippen molar-refractivity contribution in [2.24, 2.45) is 5.92 Å². The van der Waals surface area contributed by atoms with Gasteiger partial charge in [0.25, 0.3) is 0 Å². The van der Waals surface area contributed by atoms with Gasteiger partial charge in [-0.15, -0.1) is 17.0 Å². The fourth-order valence-electron chi connectivity index (χ4n) is 3.65. The van der Waals surface area contributed by atoms with Gasteiger partial charge in [-0.3, -0.25) is 0 Å². The Bertz CT molecular complexity index is 164. The summed E-state index contributed by atoms with van der Waals surface area (Å²) < 4.78 is 0. The first-order chi connectivity index (χ1) is 6.35. The average molecular weight is 281 g/mol. The van der Waals surface area contributed by atoms with Crippen molar-refractivity contribution < 1.29 is 0 Å². The summed E-state index contributed by atoms with van der Waals surface area (Å²) in [7, 11) is -0.582. The second-order valence-corrected chi connectivity index (χ2v) is 10.4. The third-order valence-corrected chi connectivity index (χ3v) is 10.1. The van der Waals surface area contributed by atoms with Gasteiger partial charge in [-0.1, -0.05) is 0 Å². The first-order valence-corrected chi connectivity index (χ1v) is 9.17. The van der Waals surface area contributed by atoms with Gasteiger partial charge in [-0.25, -0.2) is 0 Å². The molecule has 0 nitrogen and oxygen atoms in total. The molecule has 1 spiro atoms. The van der Waals surface area contributed by atoms with Crippen LogP contribution in [0.5, 0.6) is 0 Å². The molecule has 2 heteroatoms. The van der Waals surface area contributed by atoms with Crippen LogP contribution in [0.2, 0.25) is 0 Å². The maximum atomic E-state index is 2.33. The van der Waals surface area contributed by atoms with Crippen LogP contribution in [-0.4, -0.2) is 24.6 Å². The fraction of sp³-hybridized carbons (Fsp3) is 1.00. The topological polar surface area (TPSA) is 0 Å². The molecule has 0 aromatic rings. The second-order valence-electron chi connectivity index (χ2n) is 5.46. The summed E-state index contributed by atoms with van der Waals surface area (Å²) in [6.45, 7) is 2.33. The Morgan fingerprint density at radius 3 is 2.50 bits per heavy atom. The van der Waals surface area contributed by atoms with Crippen molar-refractivity contribution in [1.29, 1.82) is 0 Å². The Morgan fingerprint density at radius 1 is 1.14 bits per heavy atom. The van der Waals surface area contributed by atoms with E-state index in [0.717, 1.165) is 0 Å². The zero-order valence-corrected chi connectivity index (χ0v) is 12.3. The van der Waals surface area contributed by atoms with Crippen molar-refractivity contribution in [3.63, 3.8) is 0 Å². The molecule has 2 heterocycles. The van der Waals surface area contributed by atoms with Crippen molar-refractivity contribution >= 4 is 24.2 Å². The SMILES string of the molecule is Br.CCCCC1CC[PH]2(CCCC2)C1. The Labute approximate surface area is 100 Å². The van der Waals surface area contributed by atoms with E-state index in [2.05, 4.69) is 6.92 Å². The fourth-order valence-corrected chi connectivity index (χ4v) is 9.66. The van der Waals surface area contributed by atoms with Crippen LogP contribution in [0.25, 0.3) is 0 Å². The molecule has 2 aliphatic heterocycles. The Morgan fingerprint density at radius 2 is 1.86 bits per heavy atom. The summed E-state index contributed by atoms with van der Waals surface area (Å²) in [6.07, 6.45) is 16.1. The summed E-state index contributed by atoms with van der Waals surface area (Å²) in [5.41, 5.74) is 0. The summed E-state index contributed by atoms with van der Waals surface area (Å²) in [4.78, 5) is 0. The third-order valence-electron chi connectivity index (χ3n) is 4.43. The van der Waals surface area contributed by atoms with Crippen LogP contribution in [0.15, 0.2) is 0 Å². The molecule has 2 fully saturated rings. The van der Waals surface area contributed by atoms with Crippen LogP contribution in [-0.2, 0) is 0 Å². The van der Waals surface area contributed by atoms with Crippen molar-refractivity contribution in [3.8, 4) is 0 Å². The average Bonchev–Trinajstić information content (AvgIpc) is 2.74. The van der Waals surface area contributed by atoms with Crippen molar-refractivity contribution in [2.45, 2.75) is 45.4 Å². The monoisotopic (exact) mass is 280 g/mol. The molecule has 0 radical (unpaired) electrons. The molecule has 0 saturated carbocycles.